The van der Waals surface area contributed by atoms with Crippen LogP contribution in [0.5, 0.6) is 17.2 Å². The quantitative estimate of drug-likeness (QED) is 0.221. The minimum Gasteiger partial charge on any atom is -0.503 e. The van der Waals surface area contributed by atoms with E-state index in [1.807, 2.05) is 0 Å². The Bertz CT molecular complexity index is 1600. The first-order valence-electron chi connectivity index (χ1n) is 12.7. The van der Waals surface area contributed by atoms with E-state index >= 15 is 0 Å². The second kappa shape index (κ2) is 11.0. The highest BCUT2D eigenvalue weighted by molar-refractivity contribution is 6.31. The SMILES string of the molecule is COc1ccc(C2C(C(=O)c3cc4cc(Cl)cc(OC)c4o3)=C(O)C(=O)N2c2ccc(OCC(C)C)cc2)cc1. The predicted molar refractivity (Wildman–Crippen MR) is 152 cm³/mol. The first-order chi connectivity index (χ1) is 19.2. The summed E-state index contributed by atoms with van der Waals surface area (Å²) in [4.78, 5) is 28.8. The lowest BCUT2D eigenvalue weighted by atomic mass is 9.94. The molecule has 1 aromatic heterocycles. The van der Waals surface area contributed by atoms with Crippen molar-refractivity contribution in [2.75, 3.05) is 25.7 Å². The van der Waals surface area contributed by atoms with E-state index in [0.717, 1.165) is 0 Å². The number of benzene rings is 3. The number of carbonyl (C=O) groups excluding carboxylic acids is 2. The summed E-state index contributed by atoms with van der Waals surface area (Å²) in [5.41, 5.74) is 1.29. The molecule has 0 saturated carbocycles. The van der Waals surface area contributed by atoms with Gasteiger partial charge in [0.05, 0.1) is 32.4 Å². The van der Waals surface area contributed by atoms with Gasteiger partial charge in [0.2, 0.25) is 5.78 Å². The fraction of sp³-hybridized carbons (Fsp3) is 0.226. The molecule has 1 aliphatic heterocycles. The van der Waals surface area contributed by atoms with E-state index in [9.17, 15) is 14.7 Å². The van der Waals surface area contributed by atoms with Crippen LogP contribution in [0.25, 0.3) is 11.0 Å². The summed E-state index contributed by atoms with van der Waals surface area (Å²) in [5.74, 6) is -0.114. The maximum atomic E-state index is 13.9. The number of aliphatic hydroxyl groups is 1. The molecule has 206 valence electrons. The van der Waals surface area contributed by atoms with Gasteiger partial charge < -0.3 is 23.7 Å². The zero-order chi connectivity index (χ0) is 28.6. The van der Waals surface area contributed by atoms with Crippen molar-refractivity contribution in [3.8, 4) is 17.2 Å². The molecule has 1 N–H and O–H groups in total. The first-order valence-corrected chi connectivity index (χ1v) is 13.0. The lowest BCUT2D eigenvalue weighted by Crippen LogP contribution is -2.31. The highest BCUT2D eigenvalue weighted by Gasteiger charge is 2.45. The molecule has 2 heterocycles. The van der Waals surface area contributed by atoms with E-state index in [0.29, 0.717) is 57.0 Å². The molecule has 0 fully saturated rings. The highest BCUT2D eigenvalue weighted by Crippen LogP contribution is 2.43. The van der Waals surface area contributed by atoms with Crippen LogP contribution in [0.2, 0.25) is 5.02 Å². The van der Waals surface area contributed by atoms with E-state index in [1.165, 1.54) is 18.1 Å². The molecular weight excluding hydrogens is 534 g/mol. The molecule has 1 atom stereocenters. The van der Waals surface area contributed by atoms with Gasteiger partial charge >= 0.3 is 0 Å². The monoisotopic (exact) mass is 561 g/mol. The number of hydrogen-bond donors (Lipinski definition) is 1. The zero-order valence-electron chi connectivity index (χ0n) is 22.4. The van der Waals surface area contributed by atoms with Gasteiger partial charge in [0.1, 0.15) is 11.5 Å². The van der Waals surface area contributed by atoms with Crippen LogP contribution in [0.1, 0.15) is 36.0 Å². The smallest absolute Gasteiger partial charge is 0.294 e. The van der Waals surface area contributed by atoms with Crippen LogP contribution in [0.15, 0.2) is 82.5 Å². The number of ketones is 1. The van der Waals surface area contributed by atoms with Crippen LogP contribution in [-0.2, 0) is 4.79 Å². The number of ether oxygens (including phenoxy) is 3. The van der Waals surface area contributed by atoms with E-state index in [-0.39, 0.29) is 11.3 Å². The second-order valence-corrected chi connectivity index (χ2v) is 10.2. The van der Waals surface area contributed by atoms with Crippen LogP contribution >= 0.6 is 11.6 Å². The van der Waals surface area contributed by atoms with Crippen molar-refractivity contribution in [1.82, 2.24) is 0 Å². The van der Waals surface area contributed by atoms with E-state index in [4.69, 9.17) is 30.2 Å². The largest absolute Gasteiger partial charge is 0.503 e. The molecule has 5 rings (SSSR count). The van der Waals surface area contributed by atoms with Gasteiger partial charge in [0.15, 0.2) is 22.9 Å². The molecule has 0 bridgehead atoms. The third-order valence-corrected chi connectivity index (χ3v) is 6.79. The fourth-order valence-corrected chi connectivity index (χ4v) is 4.87. The Labute approximate surface area is 236 Å². The molecule has 0 saturated heterocycles. The fourth-order valence-electron chi connectivity index (χ4n) is 4.65. The molecule has 0 radical (unpaired) electrons. The average molecular weight is 562 g/mol. The van der Waals surface area contributed by atoms with Gasteiger partial charge in [0, 0.05) is 22.2 Å². The summed E-state index contributed by atoms with van der Waals surface area (Å²) in [6, 6.07) is 17.7. The Morgan fingerprint density at radius 1 is 1.00 bits per heavy atom. The standard InChI is InChI=1S/C31H28ClNO7/c1-17(2)16-39-23-11-7-21(8-12-23)33-27(18-5-9-22(37-3)10-6-18)26(29(35)31(33)36)28(34)24-14-19-13-20(32)15-25(38-4)30(19)40-24/h5-15,17,27,35H,16H2,1-4H3. The number of rotatable bonds is 9. The van der Waals surface area contributed by atoms with Crippen LogP contribution < -0.4 is 19.1 Å². The topological polar surface area (TPSA) is 98.4 Å². The Morgan fingerprint density at radius 3 is 2.30 bits per heavy atom. The summed E-state index contributed by atoms with van der Waals surface area (Å²) in [6.45, 7) is 4.65. The summed E-state index contributed by atoms with van der Waals surface area (Å²) >= 11 is 6.20. The van der Waals surface area contributed by atoms with Crippen LogP contribution in [0.3, 0.4) is 0 Å². The lowest BCUT2D eigenvalue weighted by molar-refractivity contribution is -0.117. The number of amides is 1. The molecule has 0 aliphatic carbocycles. The van der Waals surface area contributed by atoms with Crippen molar-refractivity contribution < 1.29 is 33.3 Å². The summed E-state index contributed by atoms with van der Waals surface area (Å²) < 4.78 is 22.3. The minimum absolute atomic E-state index is 0.0669. The van der Waals surface area contributed by atoms with Crippen LogP contribution in [-0.4, -0.2) is 37.6 Å². The maximum absolute atomic E-state index is 13.9. The molecule has 4 aromatic rings. The number of fused-ring (bicyclic) bond motifs is 1. The van der Waals surface area contributed by atoms with E-state index in [1.54, 1.807) is 67.8 Å². The van der Waals surface area contributed by atoms with Crippen molar-refractivity contribution in [3.63, 3.8) is 0 Å². The normalized spacial score (nSPS) is 15.3. The van der Waals surface area contributed by atoms with Gasteiger partial charge in [-0.15, -0.1) is 0 Å². The number of aliphatic hydroxyl groups excluding tert-OH is 1. The molecule has 1 unspecified atom stereocenters. The van der Waals surface area contributed by atoms with Gasteiger partial charge in [-0.05, 0) is 60.0 Å². The predicted octanol–water partition coefficient (Wildman–Crippen LogP) is 6.92. The Hall–Kier alpha value is -4.43. The summed E-state index contributed by atoms with van der Waals surface area (Å²) in [7, 11) is 3.02. The van der Waals surface area contributed by atoms with Gasteiger partial charge in [-0.2, -0.15) is 0 Å². The summed E-state index contributed by atoms with van der Waals surface area (Å²) in [5, 5.41) is 12.1. The molecule has 3 aromatic carbocycles. The van der Waals surface area contributed by atoms with Gasteiger partial charge in [-0.3, -0.25) is 14.5 Å². The second-order valence-electron chi connectivity index (χ2n) is 9.78. The number of carbonyl (C=O) groups is 2. The lowest BCUT2D eigenvalue weighted by Gasteiger charge is -2.27. The van der Waals surface area contributed by atoms with E-state index < -0.39 is 23.5 Å². The van der Waals surface area contributed by atoms with Crippen molar-refractivity contribution in [1.29, 1.82) is 0 Å². The number of nitrogens with zero attached hydrogens (tertiary/aromatic N) is 1. The molecule has 9 heteroatoms. The number of anilines is 1. The number of hydrogen-bond acceptors (Lipinski definition) is 7. The first kappa shape index (κ1) is 27.1. The van der Waals surface area contributed by atoms with Gasteiger partial charge in [-0.1, -0.05) is 37.6 Å². The zero-order valence-corrected chi connectivity index (χ0v) is 23.2. The molecule has 0 spiro atoms. The van der Waals surface area contributed by atoms with Crippen molar-refractivity contribution in [2.24, 2.45) is 5.92 Å². The number of Topliss-reactive ketones (excluding diaryl/α,β-unsaturated/α-hetero) is 1. The third kappa shape index (κ3) is 4.98. The molecule has 1 aliphatic rings. The van der Waals surface area contributed by atoms with Gasteiger partial charge in [-0.25, -0.2) is 0 Å². The van der Waals surface area contributed by atoms with Crippen molar-refractivity contribution >= 4 is 39.9 Å². The van der Waals surface area contributed by atoms with Crippen molar-refractivity contribution in [2.45, 2.75) is 19.9 Å². The minimum atomic E-state index is -0.938. The Kier molecular flexibility index (Phi) is 7.45. The number of methoxy groups -OCH3 is 2. The van der Waals surface area contributed by atoms with Crippen LogP contribution in [0, 0.1) is 5.92 Å². The maximum Gasteiger partial charge on any atom is 0.294 e. The van der Waals surface area contributed by atoms with Crippen LogP contribution in [0.4, 0.5) is 5.69 Å². The third-order valence-electron chi connectivity index (χ3n) is 6.57. The van der Waals surface area contributed by atoms with E-state index in [2.05, 4.69) is 13.8 Å². The number of halogens is 1. The van der Waals surface area contributed by atoms with Gasteiger partial charge in [0.25, 0.3) is 5.91 Å². The Balaban J connectivity index is 1.58. The summed E-state index contributed by atoms with van der Waals surface area (Å²) in [6.07, 6.45) is 0. The Morgan fingerprint density at radius 2 is 1.68 bits per heavy atom. The molecule has 1 amide bonds. The highest BCUT2D eigenvalue weighted by atomic mass is 35.5. The number of furan rings is 1. The molecule has 8 nitrogen and oxygen atoms in total. The van der Waals surface area contributed by atoms with Crippen molar-refractivity contribution in [3.05, 3.63) is 94.4 Å². The molecular formula is C31H28ClNO7. The average Bonchev–Trinajstić information content (AvgIpc) is 3.50. The molecule has 40 heavy (non-hydrogen) atoms.